The van der Waals surface area contributed by atoms with E-state index >= 15 is 0 Å². The average Bonchev–Trinajstić information content (AvgIpc) is 2.09. The van der Waals surface area contributed by atoms with Gasteiger partial charge in [-0.2, -0.15) is 0 Å². The van der Waals surface area contributed by atoms with E-state index in [1.807, 2.05) is 19.1 Å². The molecular formula is C10H10ClNO. The zero-order valence-electron chi connectivity index (χ0n) is 7.33. The number of nitrogens with zero attached hydrogens (tertiary/aromatic N) is 1. The number of rotatable bonds is 3. The molecule has 1 rings (SSSR count). The van der Waals surface area contributed by atoms with Gasteiger partial charge in [-0.05, 0) is 24.6 Å². The molecule has 0 fully saturated rings. The number of aldehydes is 1. The Kier molecular flexibility index (Phi) is 3.65. The minimum atomic E-state index is 0.420. The molecule has 0 aliphatic carbocycles. The molecule has 0 unspecified atom stereocenters. The SMILES string of the molecule is Cc1cc(Cl)cnc1C=CCC=O. The van der Waals surface area contributed by atoms with Gasteiger partial charge in [-0.25, -0.2) is 0 Å². The van der Waals surface area contributed by atoms with Gasteiger partial charge in [0.15, 0.2) is 0 Å². The first-order valence-electron chi connectivity index (χ1n) is 3.96. The number of aryl methyl sites for hydroxylation is 1. The lowest BCUT2D eigenvalue weighted by atomic mass is 10.2. The summed E-state index contributed by atoms with van der Waals surface area (Å²) in [6.45, 7) is 1.93. The van der Waals surface area contributed by atoms with E-state index < -0.39 is 0 Å². The summed E-state index contributed by atoms with van der Waals surface area (Å²) in [7, 11) is 0. The number of carbonyl (C=O) groups excluding carboxylic acids is 1. The summed E-state index contributed by atoms with van der Waals surface area (Å²) in [6, 6.07) is 1.84. The van der Waals surface area contributed by atoms with Gasteiger partial charge in [0.25, 0.3) is 0 Å². The predicted molar refractivity (Wildman–Crippen MR) is 53.7 cm³/mol. The molecule has 1 aromatic rings. The van der Waals surface area contributed by atoms with Crippen molar-refractivity contribution in [2.75, 3.05) is 0 Å². The number of aromatic nitrogens is 1. The van der Waals surface area contributed by atoms with Crippen molar-refractivity contribution >= 4 is 24.0 Å². The van der Waals surface area contributed by atoms with Crippen molar-refractivity contribution in [3.63, 3.8) is 0 Å². The highest BCUT2D eigenvalue weighted by atomic mass is 35.5. The zero-order chi connectivity index (χ0) is 9.68. The van der Waals surface area contributed by atoms with Crippen LogP contribution >= 0.6 is 11.6 Å². The van der Waals surface area contributed by atoms with Crippen LogP contribution in [-0.4, -0.2) is 11.3 Å². The Bertz CT molecular complexity index is 334. The fourth-order valence-electron chi connectivity index (χ4n) is 0.961. The van der Waals surface area contributed by atoms with Crippen molar-refractivity contribution in [3.05, 3.63) is 34.6 Å². The van der Waals surface area contributed by atoms with Crippen LogP contribution in [0.2, 0.25) is 5.02 Å². The van der Waals surface area contributed by atoms with E-state index in [0.717, 1.165) is 17.5 Å². The smallest absolute Gasteiger partial charge is 0.123 e. The Morgan fingerprint density at radius 2 is 2.38 bits per heavy atom. The molecule has 0 saturated carbocycles. The van der Waals surface area contributed by atoms with Gasteiger partial charge >= 0.3 is 0 Å². The van der Waals surface area contributed by atoms with Crippen LogP contribution in [0, 0.1) is 6.92 Å². The first kappa shape index (κ1) is 9.93. The largest absolute Gasteiger partial charge is 0.303 e. The van der Waals surface area contributed by atoms with Crippen molar-refractivity contribution < 1.29 is 4.79 Å². The molecular weight excluding hydrogens is 186 g/mol. The Balaban J connectivity index is 2.83. The summed E-state index contributed by atoms with van der Waals surface area (Å²) >= 11 is 5.74. The van der Waals surface area contributed by atoms with Crippen molar-refractivity contribution in [2.24, 2.45) is 0 Å². The van der Waals surface area contributed by atoms with Gasteiger partial charge in [-0.15, -0.1) is 0 Å². The van der Waals surface area contributed by atoms with Crippen LogP contribution < -0.4 is 0 Å². The molecule has 1 heterocycles. The van der Waals surface area contributed by atoms with E-state index in [2.05, 4.69) is 4.98 Å². The van der Waals surface area contributed by atoms with E-state index in [0.29, 0.717) is 11.4 Å². The van der Waals surface area contributed by atoms with Crippen LogP contribution in [0.15, 0.2) is 18.3 Å². The van der Waals surface area contributed by atoms with Gasteiger partial charge in [0.1, 0.15) is 6.29 Å². The quantitative estimate of drug-likeness (QED) is 0.695. The van der Waals surface area contributed by atoms with Crippen LogP contribution in [0.3, 0.4) is 0 Å². The maximum atomic E-state index is 10.0. The van der Waals surface area contributed by atoms with Gasteiger partial charge in [0, 0.05) is 12.6 Å². The van der Waals surface area contributed by atoms with Gasteiger partial charge < -0.3 is 4.79 Å². The first-order valence-corrected chi connectivity index (χ1v) is 4.34. The lowest BCUT2D eigenvalue weighted by Gasteiger charge is -1.98. The Hall–Kier alpha value is -1.15. The summed E-state index contributed by atoms with van der Waals surface area (Å²) in [5.74, 6) is 0. The molecule has 0 radical (unpaired) electrons. The number of allylic oxidation sites excluding steroid dienone is 1. The lowest BCUT2D eigenvalue weighted by Crippen LogP contribution is -1.85. The van der Waals surface area contributed by atoms with E-state index in [1.54, 1.807) is 12.3 Å². The Morgan fingerprint density at radius 1 is 1.62 bits per heavy atom. The molecule has 0 aliphatic heterocycles. The Labute approximate surface area is 82.3 Å². The fraction of sp³-hybridized carbons (Fsp3) is 0.200. The standard InChI is InChI=1S/C10H10ClNO/c1-8-6-9(11)7-12-10(8)4-2-3-5-13/h2,4-7H,3H2,1H3. The minimum Gasteiger partial charge on any atom is -0.303 e. The molecule has 0 bridgehead atoms. The van der Waals surface area contributed by atoms with E-state index in [-0.39, 0.29) is 0 Å². The summed E-state index contributed by atoms with van der Waals surface area (Å²) in [5, 5.41) is 0.630. The molecule has 0 atom stereocenters. The highest BCUT2D eigenvalue weighted by Crippen LogP contribution is 2.13. The molecule has 13 heavy (non-hydrogen) atoms. The van der Waals surface area contributed by atoms with E-state index in [1.165, 1.54) is 0 Å². The summed E-state index contributed by atoms with van der Waals surface area (Å²) in [4.78, 5) is 14.2. The molecule has 0 amide bonds. The zero-order valence-corrected chi connectivity index (χ0v) is 8.08. The number of hydrogen-bond acceptors (Lipinski definition) is 2. The second-order valence-corrected chi connectivity index (χ2v) is 3.10. The van der Waals surface area contributed by atoms with Gasteiger partial charge in [-0.1, -0.05) is 17.7 Å². The van der Waals surface area contributed by atoms with Crippen molar-refractivity contribution in [1.29, 1.82) is 0 Å². The van der Waals surface area contributed by atoms with Crippen molar-refractivity contribution in [2.45, 2.75) is 13.3 Å². The predicted octanol–water partition coefficient (Wildman–Crippen LogP) is 2.65. The van der Waals surface area contributed by atoms with Crippen LogP contribution in [0.4, 0.5) is 0 Å². The van der Waals surface area contributed by atoms with E-state index in [4.69, 9.17) is 11.6 Å². The normalized spacial score (nSPS) is 10.6. The monoisotopic (exact) mass is 195 g/mol. The van der Waals surface area contributed by atoms with Crippen LogP contribution in [0.5, 0.6) is 0 Å². The minimum absolute atomic E-state index is 0.420. The first-order chi connectivity index (χ1) is 6.24. The fourth-order valence-corrected chi connectivity index (χ4v) is 1.17. The molecule has 0 aromatic carbocycles. The molecule has 0 saturated heterocycles. The molecule has 0 spiro atoms. The van der Waals surface area contributed by atoms with Crippen LogP contribution in [-0.2, 0) is 4.79 Å². The number of carbonyl (C=O) groups is 1. The highest BCUT2D eigenvalue weighted by molar-refractivity contribution is 6.30. The molecule has 0 aliphatic rings. The summed E-state index contributed by atoms with van der Waals surface area (Å²) in [6.07, 6.45) is 6.46. The molecule has 3 heteroatoms. The number of halogens is 1. The molecule has 2 nitrogen and oxygen atoms in total. The number of hydrogen-bond donors (Lipinski definition) is 0. The number of pyridine rings is 1. The molecule has 0 N–H and O–H groups in total. The summed E-state index contributed by atoms with van der Waals surface area (Å²) < 4.78 is 0. The second kappa shape index (κ2) is 4.77. The third kappa shape index (κ3) is 2.99. The Morgan fingerprint density at radius 3 is 3.00 bits per heavy atom. The van der Waals surface area contributed by atoms with Crippen molar-refractivity contribution in [1.82, 2.24) is 4.98 Å². The third-order valence-electron chi connectivity index (χ3n) is 1.59. The summed E-state index contributed by atoms with van der Waals surface area (Å²) in [5.41, 5.74) is 1.86. The molecule has 1 aromatic heterocycles. The lowest BCUT2D eigenvalue weighted by molar-refractivity contribution is -0.107. The van der Waals surface area contributed by atoms with E-state index in [9.17, 15) is 4.79 Å². The van der Waals surface area contributed by atoms with Gasteiger partial charge in [-0.3, -0.25) is 4.98 Å². The highest BCUT2D eigenvalue weighted by Gasteiger charge is 1.95. The van der Waals surface area contributed by atoms with Crippen molar-refractivity contribution in [3.8, 4) is 0 Å². The van der Waals surface area contributed by atoms with Crippen LogP contribution in [0.25, 0.3) is 6.08 Å². The van der Waals surface area contributed by atoms with Gasteiger partial charge in [0.05, 0.1) is 10.7 Å². The third-order valence-corrected chi connectivity index (χ3v) is 1.80. The topological polar surface area (TPSA) is 30.0 Å². The maximum Gasteiger partial charge on any atom is 0.123 e. The maximum absolute atomic E-state index is 10.0. The second-order valence-electron chi connectivity index (χ2n) is 2.66. The van der Waals surface area contributed by atoms with Crippen LogP contribution in [0.1, 0.15) is 17.7 Å². The van der Waals surface area contributed by atoms with Gasteiger partial charge in [0.2, 0.25) is 0 Å². The molecule has 68 valence electrons. The average molecular weight is 196 g/mol.